The van der Waals surface area contributed by atoms with Crippen LogP contribution in [-0.4, -0.2) is 31.9 Å². The molecule has 0 bridgehead atoms. The maximum absolute atomic E-state index is 12.1. The first-order chi connectivity index (χ1) is 7.95. The molecule has 0 amide bonds. The molecule has 1 aliphatic heterocycles. The fourth-order valence-corrected chi connectivity index (χ4v) is 3.38. The molecule has 1 aliphatic rings. The summed E-state index contributed by atoms with van der Waals surface area (Å²) in [5.74, 6) is 0. The largest absolute Gasteiger partial charge is 0.325 e. The zero-order chi connectivity index (χ0) is 12.6. The number of nitrogens with two attached hydrogens (primary N) is 1. The maximum Gasteiger partial charge on any atom is 0.243 e. The summed E-state index contributed by atoms with van der Waals surface area (Å²) in [6.07, 6.45) is 0. The van der Waals surface area contributed by atoms with Crippen LogP contribution in [0.3, 0.4) is 0 Å². The topological polar surface area (TPSA) is 87.2 Å². The van der Waals surface area contributed by atoms with Gasteiger partial charge < -0.3 is 5.73 Å². The number of sulfonamides is 1. The van der Waals surface area contributed by atoms with Crippen LogP contribution in [-0.2, 0) is 10.0 Å². The summed E-state index contributed by atoms with van der Waals surface area (Å²) in [5.41, 5.74) is 6.73. The van der Waals surface area contributed by atoms with Crippen molar-refractivity contribution in [2.24, 2.45) is 5.73 Å². The van der Waals surface area contributed by atoms with Crippen LogP contribution in [0.5, 0.6) is 0 Å². The normalized spacial score (nSPS) is 17.5. The van der Waals surface area contributed by atoms with E-state index >= 15 is 0 Å². The van der Waals surface area contributed by atoms with Crippen LogP contribution in [0.15, 0.2) is 23.1 Å². The molecule has 0 unspecified atom stereocenters. The molecule has 6 heteroatoms. The monoisotopic (exact) mass is 251 g/mol. The zero-order valence-corrected chi connectivity index (χ0v) is 10.2. The van der Waals surface area contributed by atoms with E-state index in [1.807, 2.05) is 6.07 Å². The summed E-state index contributed by atoms with van der Waals surface area (Å²) in [4.78, 5) is 0.223. The molecule has 1 aromatic carbocycles. The number of nitriles is 1. The summed E-state index contributed by atoms with van der Waals surface area (Å²) < 4.78 is 25.5. The summed E-state index contributed by atoms with van der Waals surface area (Å²) >= 11 is 0. The predicted octanol–water partition coefficient (Wildman–Crippen LogP) is 0.198. The molecule has 1 fully saturated rings. The van der Waals surface area contributed by atoms with E-state index in [2.05, 4.69) is 0 Å². The second-order valence-electron chi connectivity index (χ2n) is 4.17. The second kappa shape index (κ2) is 4.11. The van der Waals surface area contributed by atoms with Crippen molar-refractivity contribution in [2.45, 2.75) is 17.9 Å². The van der Waals surface area contributed by atoms with Gasteiger partial charge in [0.05, 0.1) is 16.5 Å². The van der Waals surface area contributed by atoms with Gasteiger partial charge in [-0.25, -0.2) is 8.42 Å². The highest BCUT2D eigenvalue weighted by atomic mass is 32.2. The molecule has 0 radical (unpaired) electrons. The number of rotatable bonds is 2. The van der Waals surface area contributed by atoms with Crippen molar-refractivity contribution < 1.29 is 8.42 Å². The minimum Gasteiger partial charge on any atom is -0.325 e. The van der Waals surface area contributed by atoms with Crippen molar-refractivity contribution in [1.82, 2.24) is 4.31 Å². The summed E-state index contributed by atoms with van der Waals surface area (Å²) in [6, 6.07) is 6.46. The van der Waals surface area contributed by atoms with Crippen LogP contribution >= 0.6 is 0 Å². The Morgan fingerprint density at radius 3 is 2.59 bits per heavy atom. The molecule has 0 aromatic heterocycles. The smallest absolute Gasteiger partial charge is 0.243 e. The minimum absolute atomic E-state index is 0.0655. The van der Waals surface area contributed by atoms with Crippen molar-refractivity contribution in [1.29, 1.82) is 5.26 Å². The van der Waals surface area contributed by atoms with Crippen LogP contribution in [0.25, 0.3) is 0 Å². The number of hydrogen-bond acceptors (Lipinski definition) is 4. The minimum atomic E-state index is -3.44. The lowest BCUT2D eigenvalue weighted by Gasteiger charge is -2.35. The molecule has 0 atom stereocenters. The van der Waals surface area contributed by atoms with E-state index in [1.165, 1.54) is 22.5 Å². The van der Waals surface area contributed by atoms with Gasteiger partial charge in [0, 0.05) is 19.1 Å². The molecule has 17 heavy (non-hydrogen) atoms. The lowest BCUT2D eigenvalue weighted by atomic mass is 10.1. The molecule has 0 saturated carbocycles. The summed E-state index contributed by atoms with van der Waals surface area (Å²) in [5, 5.41) is 8.79. The van der Waals surface area contributed by atoms with Crippen LogP contribution < -0.4 is 5.73 Å². The van der Waals surface area contributed by atoms with E-state index < -0.39 is 10.0 Å². The van der Waals surface area contributed by atoms with Gasteiger partial charge in [0.15, 0.2) is 0 Å². The molecule has 1 saturated heterocycles. The Morgan fingerprint density at radius 2 is 2.12 bits per heavy atom. The number of aryl methyl sites for hydroxylation is 1. The first kappa shape index (κ1) is 12.0. The van der Waals surface area contributed by atoms with Gasteiger partial charge in [-0.3, -0.25) is 0 Å². The average Bonchev–Trinajstić information content (AvgIpc) is 2.24. The van der Waals surface area contributed by atoms with Crippen LogP contribution in [0.4, 0.5) is 0 Å². The third kappa shape index (κ3) is 2.05. The van der Waals surface area contributed by atoms with Gasteiger partial charge in [0.1, 0.15) is 0 Å². The van der Waals surface area contributed by atoms with Crippen molar-refractivity contribution in [3.8, 4) is 6.07 Å². The molecule has 0 spiro atoms. The van der Waals surface area contributed by atoms with Crippen LogP contribution in [0.2, 0.25) is 0 Å². The molecular formula is C11H13N3O2S. The Bertz CT molecular complexity index is 583. The Morgan fingerprint density at radius 1 is 1.47 bits per heavy atom. The predicted molar refractivity (Wildman–Crippen MR) is 62.6 cm³/mol. The Hall–Kier alpha value is -1.42. The van der Waals surface area contributed by atoms with Crippen molar-refractivity contribution >= 4 is 10.0 Å². The molecule has 1 heterocycles. The summed E-state index contributed by atoms with van der Waals surface area (Å²) in [6.45, 7) is 2.45. The Labute approximate surface area is 101 Å². The highest BCUT2D eigenvalue weighted by Gasteiger charge is 2.34. The van der Waals surface area contributed by atoms with Gasteiger partial charge in [0.2, 0.25) is 10.0 Å². The van der Waals surface area contributed by atoms with Gasteiger partial charge in [-0.1, -0.05) is 0 Å². The average molecular weight is 251 g/mol. The van der Waals surface area contributed by atoms with Crippen molar-refractivity contribution in [3.63, 3.8) is 0 Å². The van der Waals surface area contributed by atoms with Gasteiger partial charge in [-0.05, 0) is 30.7 Å². The van der Waals surface area contributed by atoms with Crippen LogP contribution in [0, 0.1) is 18.3 Å². The lowest BCUT2D eigenvalue weighted by Crippen LogP contribution is -2.57. The first-order valence-electron chi connectivity index (χ1n) is 5.21. The SMILES string of the molecule is Cc1cc(S(=O)(=O)N2CC(N)C2)ccc1C#N. The number of hydrogen-bond donors (Lipinski definition) is 1. The molecular weight excluding hydrogens is 238 g/mol. The fraction of sp³-hybridized carbons (Fsp3) is 0.364. The third-order valence-electron chi connectivity index (χ3n) is 2.83. The quantitative estimate of drug-likeness (QED) is 0.813. The van der Waals surface area contributed by atoms with Gasteiger partial charge in [0.25, 0.3) is 0 Å². The molecule has 0 aliphatic carbocycles. The highest BCUT2D eigenvalue weighted by molar-refractivity contribution is 7.89. The van der Waals surface area contributed by atoms with Gasteiger partial charge >= 0.3 is 0 Å². The lowest BCUT2D eigenvalue weighted by molar-refractivity contribution is 0.265. The zero-order valence-electron chi connectivity index (χ0n) is 9.42. The maximum atomic E-state index is 12.1. The van der Waals surface area contributed by atoms with Crippen molar-refractivity contribution in [2.75, 3.05) is 13.1 Å². The Kier molecular flexibility index (Phi) is 2.91. The Balaban J connectivity index is 2.35. The molecule has 2 N–H and O–H groups in total. The van der Waals surface area contributed by atoms with Gasteiger partial charge in [-0.2, -0.15) is 9.57 Å². The van der Waals surface area contributed by atoms with E-state index in [4.69, 9.17) is 11.0 Å². The van der Waals surface area contributed by atoms with E-state index in [9.17, 15) is 8.42 Å². The fourth-order valence-electron chi connectivity index (χ4n) is 1.74. The van der Waals surface area contributed by atoms with E-state index in [0.717, 1.165) is 0 Å². The number of nitrogens with zero attached hydrogens (tertiary/aromatic N) is 2. The first-order valence-corrected chi connectivity index (χ1v) is 6.65. The molecule has 90 valence electrons. The van der Waals surface area contributed by atoms with Crippen LogP contribution in [0.1, 0.15) is 11.1 Å². The standard InChI is InChI=1S/C11H13N3O2S/c1-8-4-11(3-2-9(8)5-12)17(15,16)14-6-10(13)7-14/h2-4,10H,6-7,13H2,1H3. The molecule has 2 rings (SSSR count). The van der Waals surface area contributed by atoms with E-state index in [1.54, 1.807) is 6.92 Å². The number of benzene rings is 1. The molecule has 5 nitrogen and oxygen atoms in total. The molecule has 1 aromatic rings. The van der Waals surface area contributed by atoms with Crippen molar-refractivity contribution in [3.05, 3.63) is 29.3 Å². The van der Waals surface area contributed by atoms with E-state index in [-0.39, 0.29) is 10.9 Å². The van der Waals surface area contributed by atoms with Gasteiger partial charge in [-0.15, -0.1) is 0 Å². The third-order valence-corrected chi connectivity index (χ3v) is 4.66. The van der Waals surface area contributed by atoms with E-state index in [0.29, 0.717) is 24.2 Å². The highest BCUT2D eigenvalue weighted by Crippen LogP contribution is 2.22. The summed E-state index contributed by atoms with van der Waals surface area (Å²) in [7, 11) is -3.44. The second-order valence-corrected chi connectivity index (χ2v) is 6.11.